The van der Waals surface area contributed by atoms with Gasteiger partial charge in [0.15, 0.2) is 0 Å². The van der Waals surface area contributed by atoms with E-state index in [2.05, 4.69) is 20.9 Å². The standard InChI is InChI=1S/C30H37Cl2F3N4O2/c31-26-12-6-23(21-27(26)32)7-13-28(40)36-16-2-1-3-18-39-19-14-22(15-20-39)5-4-17-37-29(41)38-25-10-8-24(9-11-25)30(33,34)35/h6-13,21-22H,1-5,14-20H2,(H,36,40)(H2,37,38,41)/b13-7+. The van der Waals surface area contributed by atoms with Crippen LogP contribution in [0.2, 0.25) is 10.0 Å². The zero-order chi connectivity index (χ0) is 29.7. The van der Waals surface area contributed by atoms with E-state index in [9.17, 15) is 22.8 Å². The molecule has 224 valence electrons. The Hall–Kier alpha value is -2.75. The van der Waals surface area contributed by atoms with Crippen LogP contribution in [0, 0.1) is 5.92 Å². The maximum Gasteiger partial charge on any atom is 0.416 e. The van der Waals surface area contributed by atoms with Gasteiger partial charge in [0.25, 0.3) is 0 Å². The van der Waals surface area contributed by atoms with Crippen LogP contribution in [0.3, 0.4) is 0 Å². The number of anilines is 1. The zero-order valence-electron chi connectivity index (χ0n) is 22.9. The first kappa shape index (κ1) is 32.8. The van der Waals surface area contributed by atoms with Gasteiger partial charge in [0.05, 0.1) is 15.6 Å². The summed E-state index contributed by atoms with van der Waals surface area (Å²) in [6.07, 6.45) is 6.06. The summed E-state index contributed by atoms with van der Waals surface area (Å²) in [4.78, 5) is 26.5. The second kappa shape index (κ2) is 16.6. The van der Waals surface area contributed by atoms with E-state index < -0.39 is 17.8 Å². The van der Waals surface area contributed by atoms with Crippen molar-refractivity contribution in [3.05, 3.63) is 69.7 Å². The van der Waals surface area contributed by atoms with Gasteiger partial charge in [-0.3, -0.25) is 4.79 Å². The first-order valence-electron chi connectivity index (χ1n) is 14.0. The molecule has 2 aromatic carbocycles. The summed E-state index contributed by atoms with van der Waals surface area (Å²) in [6, 6.07) is 9.18. The average Bonchev–Trinajstić information content (AvgIpc) is 2.94. The highest BCUT2D eigenvalue weighted by atomic mass is 35.5. The Bertz CT molecular complexity index is 1150. The largest absolute Gasteiger partial charge is 0.416 e. The van der Waals surface area contributed by atoms with Crippen molar-refractivity contribution in [3.8, 4) is 0 Å². The molecule has 0 unspecified atom stereocenters. The maximum atomic E-state index is 12.6. The summed E-state index contributed by atoms with van der Waals surface area (Å²) in [5.74, 6) is 0.506. The molecule has 2 aromatic rings. The fourth-order valence-electron chi connectivity index (χ4n) is 4.70. The molecule has 1 fully saturated rings. The van der Waals surface area contributed by atoms with E-state index in [0.29, 0.717) is 34.7 Å². The summed E-state index contributed by atoms with van der Waals surface area (Å²) in [5.41, 5.74) is 0.389. The molecule has 3 amide bonds. The number of carbonyl (C=O) groups excluding carboxylic acids is 2. The lowest BCUT2D eigenvalue weighted by Gasteiger charge is -2.32. The van der Waals surface area contributed by atoms with Gasteiger partial charge < -0.3 is 20.9 Å². The zero-order valence-corrected chi connectivity index (χ0v) is 24.4. The highest BCUT2D eigenvalue weighted by Gasteiger charge is 2.30. The smallest absolute Gasteiger partial charge is 0.353 e. The number of hydrogen-bond donors (Lipinski definition) is 3. The quantitative estimate of drug-likeness (QED) is 0.161. The van der Waals surface area contributed by atoms with Crippen molar-refractivity contribution in [2.24, 2.45) is 5.92 Å². The first-order valence-corrected chi connectivity index (χ1v) is 14.7. The fourth-order valence-corrected chi connectivity index (χ4v) is 5.01. The number of amides is 3. The van der Waals surface area contributed by atoms with Crippen molar-refractivity contribution >= 4 is 46.9 Å². The number of likely N-dealkylation sites (tertiary alicyclic amines) is 1. The molecule has 0 saturated carbocycles. The molecular formula is C30H37Cl2F3N4O2. The summed E-state index contributed by atoms with van der Waals surface area (Å²) in [7, 11) is 0. The third-order valence-electron chi connectivity index (χ3n) is 7.07. The molecule has 0 radical (unpaired) electrons. The molecule has 1 aliphatic rings. The summed E-state index contributed by atoms with van der Waals surface area (Å²) < 4.78 is 37.9. The van der Waals surface area contributed by atoms with Crippen LogP contribution in [0.25, 0.3) is 6.08 Å². The number of benzene rings is 2. The van der Waals surface area contributed by atoms with Crippen molar-refractivity contribution in [2.45, 2.75) is 51.1 Å². The number of halogens is 5. The van der Waals surface area contributed by atoms with E-state index in [1.807, 2.05) is 0 Å². The van der Waals surface area contributed by atoms with Crippen molar-refractivity contribution in [1.29, 1.82) is 0 Å². The molecule has 1 saturated heterocycles. The van der Waals surface area contributed by atoms with Gasteiger partial charge in [0.1, 0.15) is 0 Å². The first-order chi connectivity index (χ1) is 19.6. The van der Waals surface area contributed by atoms with Crippen LogP contribution in [0.5, 0.6) is 0 Å². The number of rotatable bonds is 13. The van der Waals surface area contributed by atoms with E-state index in [-0.39, 0.29) is 5.91 Å². The maximum absolute atomic E-state index is 12.6. The van der Waals surface area contributed by atoms with Crippen molar-refractivity contribution in [2.75, 3.05) is 38.0 Å². The van der Waals surface area contributed by atoms with E-state index in [0.717, 1.165) is 82.3 Å². The molecule has 1 heterocycles. The Balaban J connectivity index is 1.17. The Morgan fingerprint density at radius 3 is 2.29 bits per heavy atom. The minimum Gasteiger partial charge on any atom is -0.353 e. The minimum atomic E-state index is -4.40. The van der Waals surface area contributed by atoms with Crippen LogP contribution in [0.1, 0.15) is 56.1 Å². The highest BCUT2D eigenvalue weighted by Crippen LogP contribution is 2.30. The van der Waals surface area contributed by atoms with Gasteiger partial charge in [0.2, 0.25) is 5.91 Å². The molecule has 3 rings (SSSR count). The van der Waals surface area contributed by atoms with E-state index >= 15 is 0 Å². The number of unbranched alkanes of at least 4 members (excludes halogenated alkanes) is 2. The number of urea groups is 1. The minimum absolute atomic E-state index is 0.131. The van der Waals surface area contributed by atoms with Crippen LogP contribution in [0.4, 0.5) is 23.7 Å². The van der Waals surface area contributed by atoms with Gasteiger partial charge in [0, 0.05) is 24.9 Å². The lowest BCUT2D eigenvalue weighted by molar-refractivity contribution is -0.137. The van der Waals surface area contributed by atoms with Crippen LogP contribution in [0.15, 0.2) is 48.5 Å². The van der Waals surface area contributed by atoms with Crippen molar-refractivity contribution in [1.82, 2.24) is 15.5 Å². The van der Waals surface area contributed by atoms with Crippen LogP contribution in [-0.2, 0) is 11.0 Å². The molecule has 41 heavy (non-hydrogen) atoms. The lowest BCUT2D eigenvalue weighted by atomic mass is 9.92. The predicted octanol–water partition coefficient (Wildman–Crippen LogP) is 7.63. The predicted molar refractivity (Wildman–Crippen MR) is 159 cm³/mol. The van der Waals surface area contributed by atoms with E-state index in [1.165, 1.54) is 18.2 Å². The number of piperidine rings is 1. The number of nitrogens with one attached hydrogen (secondary N) is 3. The lowest BCUT2D eigenvalue weighted by Crippen LogP contribution is -2.35. The van der Waals surface area contributed by atoms with Gasteiger partial charge >= 0.3 is 12.2 Å². The summed E-state index contributed by atoms with van der Waals surface area (Å²) >= 11 is 11.9. The Labute approximate surface area is 249 Å². The Morgan fingerprint density at radius 1 is 0.902 bits per heavy atom. The van der Waals surface area contributed by atoms with Crippen molar-refractivity contribution < 1.29 is 22.8 Å². The highest BCUT2D eigenvalue weighted by molar-refractivity contribution is 6.42. The summed E-state index contributed by atoms with van der Waals surface area (Å²) in [6.45, 7) is 4.37. The Kier molecular flexibility index (Phi) is 13.3. The van der Waals surface area contributed by atoms with Crippen LogP contribution >= 0.6 is 23.2 Å². The number of carbonyl (C=O) groups is 2. The van der Waals surface area contributed by atoms with E-state index in [1.54, 1.807) is 24.3 Å². The second-order valence-corrected chi connectivity index (χ2v) is 11.1. The monoisotopic (exact) mass is 612 g/mol. The van der Waals surface area contributed by atoms with Crippen LogP contribution in [-0.4, -0.2) is 49.6 Å². The van der Waals surface area contributed by atoms with Crippen LogP contribution < -0.4 is 16.0 Å². The number of hydrogen-bond acceptors (Lipinski definition) is 3. The molecule has 0 bridgehead atoms. The number of nitrogens with zero attached hydrogens (tertiary/aromatic N) is 1. The van der Waals surface area contributed by atoms with Gasteiger partial charge in [-0.1, -0.05) is 35.7 Å². The van der Waals surface area contributed by atoms with Gasteiger partial charge in [-0.15, -0.1) is 0 Å². The SMILES string of the molecule is O=C(/C=C/c1ccc(Cl)c(Cl)c1)NCCCCCN1CCC(CCCNC(=O)Nc2ccc(C(F)(F)F)cc2)CC1. The average molecular weight is 614 g/mol. The van der Waals surface area contributed by atoms with Gasteiger partial charge in [-0.05, 0) is 112 Å². The molecule has 0 atom stereocenters. The van der Waals surface area contributed by atoms with Crippen molar-refractivity contribution in [3.63, 3.8) is 0 Å². The molecule has 1 aliphatic heterocycles. The third kappa shape index (κ3) is 12.3. The molecular weight excluding hydrogens is 576 g/mol. The molecule has 0 aliphatic carbocycles. The topological polar surface area (TPSA) is 73.5 Å². The molecule has 6 nitrogen and oxygen atoms in total. The normalized spacial score (nSPS) is 14.8. The fraction of sp³-hybridized carbons (Fsp3) is 0.467. The third-order valence-corrected chi connectivity index (χ3v) is 7.81. The molecule has 0 spiro atoms. The molecule has 3 N–H and O–H groups in total. The van der Waals surface area contributed by atoms with E-state index in [4.69, 9.17) is 23.2 Å². The van der Waals surface area contributed by atoms with Gasteiger partial charge in [-0.25, -0.2) is 4.79 Å². The number of alkyl halides is 3. The molecule has 0 aromatic heterocycles. The molecule has 11 heteroatoms. The second-order valence-electron chi connectivity index (χ2n) is 10.2. The summed E-state index contributed by atoms with van der Waals surface area (Å²) in [5, 5.41) is 9.18. The van der Waals surface area contributed by atoms with Gasteiger partial charge in [-0.2, -0.15) is 13.2 Å². The Morgan fingerprint density at radius 2 is 1.61 bits per heavy atom.